The highest BCUT2D eigenvalue weighted by atomic mass is 31.3. The van der Waals surface area contributed by atoms with Crippen LogP contribution < -0.4 is 11.2 Å². The largest absolute Gasteiger partial charge is 0.492 e. The molecular formula is C12H19F2N2O14P3. The van der Waals surface area contributed by atoms with Crippen molar-refractivity contribution in [2.45, 2.75) is 31.0 Å². The maximum absolute atomic E-state index is 15.1. The summed E-state index contributed by atoms with van der Waals surface area (Å²) in [5.41, 5.74) is -5.49. The van der Waals surface area contributed by atoms with E-state index in [-0.39, 0.29) is 0 Å². The molecule has 4 N–H and O–H groups in total. The quantitative estimate of drug-likeness (QED) is 0.290. The van der Waals surface area contributed by atoms with Crippen LogP contribution in [0.3, 0.4) is 0 Å². The number of nitrogens with zero attached hydrogens (tertiary/aromatic N) is 1. The Bertz CT molecular complexity index is 1140. The Balaban J connectivity index is 2.18. The van der Waals surface area contributed by atoms with E-state index in [1.54, 1.807) is 4.98 Å². The van der Waals surface area contributed by atoms with E-state index in [2.05, 4.69) is 22.2 Å². The maximum atomic E-state index is 15.1. The summed E-state index contributed by atoms with van der Waals surface area (Å²) in [4.78, 5) is 43.5. The zero-order valence-electron chi connectivity index (χ0n) is 16.9. The van der Waals surface area contributed by atoms with Crippen LogP contribution in [0.4, 0.5) is 8.78 Å². The van der Waals surface area contributed by atoms with Crippen LogP contribution in [0.15, 0.2) is 15.8 Å². The lowest BCUT2D eigenvalue weighted by atomic mass is 9.98. The Kier molecular flexibility index (Phi) is 8.39. The van der Waals surface area contributed by atoms with Gasteiger partial charge >= 0.3 is 29.2 Å². The topological polar surface area (TPSA) is 222 Å². The zero-order valence-corrected chi connectivity index (χ0v) is 19.6. The first-order valence-electron chi connectivity index (χ1n) is 8.44. The number of phosphoric ester groups is 2. The monoisotopic (exact) mass is 546 g/mol. The van der Waals surface area contributed by atoms with Gasteiger partial charge in [0.25, 0.3) is 5.56 Å². The molecule has 1 aliphatic rings. The van der Waals surface area contributed by atoms with Gasteiger partial charge in [-0.2, -0.15) is 13.0 Å². The van der Waals surface area contributed by atoms with Gasteiger partial charge in [0.15, 0.2) is 11.9 Å². The Morgan fingerprint density at radius 1 is 1.18 bits per heavy atom. The number of nitrogens with one attached hydrogen (secondary N) is 1. The number of H-pyrrole nitrogens is 1. The van der Waals surface area contributed by atoms with E-state index in [1.807, 2.05) is 0 Å². The van der Waals surface area contributed by atoms with Crippen LogP contribution in [0.1, 0.15) is 13.2 Å². The molecule has 21 heteroatoms. The van der Waals surface area contributed by atoms with Crippen LogP contribution in [0.25, 0.3) is 0 Å². The molecule has 1 saturated heterocycles. The molecule has 190 valence electrons. The Morgan fingerprint density at radius 2 is 1.76 bits per heavy atom. The number of aromatic amines is 1. The second kappa shape index (κ2) is 9.85. The van der Waals surface area contributed by atoms with E-state index in [1.165, 1.54) is 0 Å². The van der Waals surface area contributed by atoms with E-state index in [9.17, 15) is 42.6 Å². The van der Waals surface area contributed by atoms with Gasteiger partial charge in [-0.15, -0.1) is 0 Å². The number of ether oxygens (including phenoxy) is 1. The van der Waals surface area contributed by atoms with E-state index in [0.717, 1.165) is 6.92 Å². The molecule has 0 saturated carbocycles. The Morgan fingerprint density at radius 3 is 2.30 bits per heavy atom. The number of halogens is 2. The van der Waals surface area contributed by atoms with Gasteiger partial charge in [-0.05, 0) is 6.92 Å². The molecular weight excluding hydrogens is 527 g/mol. The Hall–Kier alpha value is -1.13. The third-order valence-electron chi connectivity index (χ3n) is 4.16. The van der Waals surface area contributed by atoms with Crippen molar-refractivity contribution in [3.05, 3.63) is 32.9 Å². The van der Waals surface area contributed by atoms with Gasteiger partial charge in [0.05, 0.1) is 12.8 Å². The summed E-state index contributed by atoms with van der Waals surface area (Å²) in [5.74, 6) is -1.47. The van der Waals surface area contributed by atoms with Crippen molar-refractivity contribution in [2.24, 2.45) is 0 Å². The molecule has 0 radical (unpaired) electrons. The van der Waals surface area contributed by atoms with Crippen molar-refractivity contribution in [1.82, 2.24) is 9.55 Å². The number of aliphatic hydroxyl groups excluding tert-OH is 1. The van der Waals surface area contributed by atoms with Crippen molar-refractivity contribution >= 4 is 23.5 Å². The van der Waals surface area contributed by atoms with Crippen molar-refractivity contribution in [3.8, 4) is 0 Å². The molecule has 3 unspecified atom stereocenters. The fraction of sp³-hybridized carbons (Fsp3) is 0.667. The summed E-state index contributed by atoms with van der Waals surface area (Å²) < 4.78 is 90.4. The first kappa shape index (κ1) is 28.1. The summed E-state index contributed by atoms with van der Waals surface area (Å²) >= 11 is 0. The fourth-order valence-corrected chi connectivity index (χ4v) is 6.28. The van der Waals surface area contributed by atoms with Gasteiger partial charge in [-0.25, -0.2) is 22.9 Å². The third kappa shape index (κ3) is 6.51. The highest BCUT2D eigenvalue weighted by Crippen LogP contribution is 2.69. The molecule has 0 bridgehead atoms. The number of aliphatic hydroxyl groups is 1. The molecule has 2 heterocycles. The van der Waals surface area contributed by atoms with Gasteiger partial charge in [-0.3, -0.25) is 27.9 Å². The number of hydrogen-bond acceptors (Lipinski definition) is 12. The number of phosphoric acid groups is 3. The van der Waals surface area contributed by atoms with Crippen molar-refractivity contribution < 1.29 is 64.3 Å². The molecule has 1 fully saturated rings. The molecule has 2 rings (SSSR count). The predicted molar refractivity (Wildman–Crippen MR) is 100 cm³/mol. The minimum Gasteiger partial charge on any atom is -0.387 e. The smallest absolute Gasteiger partial charge is 0.387 e. The summed E-state index contributed by atoms with van der Waals surface area (Å²) in [7, 11) is -14.4. The standard InChI is InChI=1S/C12H19F2N2O14P3/c1-12(14)8(17)7(28-10(12)16-4-6(13)9(18)15-11(16)19)5-27-32(22,23)30-33(24,26-3)29-31(20,21)25-2/h4,7-8,10,17H,5H2,1-3H3,(H,20,21)(H,22,23)(H,15,18,19)/t7-,8-,10-,12-,33?/m1/s1. The van der Waals surface area contributed by atoms with Gasteiger partial charge in [0.1, 0.15) is 12.2 Å². The van der Waals surface area contributed by atoms with Crippen LogP contribution in [-0.4, -0.2) is 63.1 Å². The van der Waals surface area contributed by atoms with Crippen molar-refractivity contribution in [2.75, 3.05) is 20.8 Å². The van der Waals surface area contributed by atoms with Crippen LogP contribution >= 0.6 is 23.5 Å². The van der Waals surface area contributed by atoms with E-state index >= 15 is 4.39 Å². The molecule has 16 nitrogen and oxygen atoms in total. The first-order valence-corrected chi connectivity index (χ1v) is 12.9. The number of rotatable bonds is 10. The second-order valence-electron chi connectivity index (χ2n) is 6.48. The molecule has 1 aliphatic heterocycles. The van der Waals surface area contributed by atoms with Gasteiger partial charge in [-0.1, -0.05) is 0 Å². The van der Waals surface area contributed by atoms with Gasteiger partial charge in [0.2, 0.25) is 5.82 Å². The maximum Gasteiger partial charge on any atom is 0.492 e. The van der Waals surface area contributed by atoms with Crippen LogP contribution in [0.5, 0.6) is 0 Å². The zero-order chi connectivity index (χ0) is 25.4. The molecule has 0 aromatic carbocycles. The molecule has 33 heavy (non-hydrogen) atoms. The molecule has 7 atom stereocenters. The van der Waals surface area contributed by atoms with Gasteiger partial charge in [0, 0.05) is 14.2 Å². The fourth-order valence-electron chi connectivity index (χ4n) is 2.54. The first-order chi connectivity index (χ1) is 15.0. The highest BCUT2D eigenvalue weighted by Gasteiger charge is 2.56. The summed E-state index contributed by atoms with van der Waals surface area (Å²) in [5, 5.41) is 10.2. The van der Waals surface area contributed by atoms with Gasteiger partial charge < -0.3 is 19.6 Å². The van der Waals surface area contributed by atoms with Crippen LogP contribution in [0, 0.1) is 5.82 Å². The molecule has 1 aromatic heterocycles. The molecule has 0 spiro atoms. The van der Waals surface area contributed by atoms with Crippen molar-refractivity contribution in [3.63, 3.8) is 0 Å². The van der Waals surface area contributed by atoms with E-state index in [0.29, 0.717) is 25.0 Å². The average Bonchev–Trinajstić information content (AvgIpc) is 2.91. The molecule has 1 aromatic rings. The van der Waals surface area contributed by atoms with Crippen molar-refractivity contribution in [1.29, 1.82) is 0 Å². The molecule has 0 amide bonds. The number of alkyl halides is 1. The lowest BCUT2D eigenvalue weighted by Gasteiger charge is -2.24. The normalized spacial score (nSPS) is 31.0. The summed E-state index contributed by atoms with van der Waals surface area (Å²) in [6, 6.07) is 0. The minimum atomic E-state index is -5.45. The average molecular weight is 546 g/mol. The minimum absolute atomic E-state index is 0.297. The highest BCUT2D eigenvalue weighted by molar-refractivity contribution is 7.67. The van der Waals surface area contributed by atoms with E-state index in [4.69, 9.17) is 4.74 Å². The summed E-state index contributed by atoms with van der Waals surface area (Å²) in [6.45, 7) is -0.389. The molecule has 0 aliphatic carbocycles. The predicted octanol–water partition coefficient (Wildman–Crippen LogP) is 0.314. The van der Waals surface area contributed by atoms with E-state index < -0.39 is 71.2 Å². The SMILES string of the molecule is COP(=O)(O)OP(=O)(OC)OP(=O)(O)OC[C@H]1O[C@@H](n2cc(F)c(=O)[nH]c2=O)[C@](C)(F)[C@@H]1O. The Labute approximate surface area is 182 Å². The number of hydrogen-bond donors (Lipinski definition) is 4. The van der Waals surface area contributed by atoms with Crippen LogP contribution in [0.2, 0.25) is 0 Å². The lowest BCUT2D eigenvalue weighted by Crippen LogP contribution is -2.44. The lowest BCUT2D eigenvalue weighted by molar-refractivity contribution is -0.0609. The van der Waals surface area contributed by atoms with Crippen LogP contribution in [-0.2, 0) is 40.6 Å². The summed E-state index contributed by atoms with van der Waals surface area (Å²) in [6.07, 6.45) is -5.62. The number of aromatic nitrogens is 2. The second-order valence-corrected chi connectivity index (χ2v) is 11.5. The third-order valence-corrected chi connectivity index (χ3v) is 8.79.